The fraction of sp³-hybridized carbons (Fsp3) is 0.0667. The highest BCUT2D eigenvalue weighted by Gasteiger charge is 2.11. The van der Waals surface area contributed by atoms with Gasteiger partial charge < -0.3 is 9.84 Å². The van der Waals surface area contributed by atoms with Crippen LogP contribution in [0.25, 0.3) is 0 Å². The number of rotatable bonds is 5. The zero-order valence-corrected chi connectivity index (χ0v) is 12.0. The number of ketones is 1. The first-order valence-electron chi connectivity index (χ1n) is 5.82. The molecule has 2 aromatic rings. The van der Waals surface area contributed by atoms with Crippen LogP contribution in [0.5, 0.6) is 5.75 Å². The fourth-order valence-corrected chi connectivity index (χ4v) is 2.15. The van der Waals surface area contributed by atoms with Gasteiger partial charge >= 0.3 is 5.97 Å². The van der Waals surface area contributed by atoms with Crippen LogP contribution in [0.15, 0.2) is 53.0 Å². The molecule has 0 spiro atoms. The van der Waals surface area contributed by atoms with Crippen molar-refractivity contribution in [1.29, 1.82) is 0 Å². The number of carboxylic acid groups (broad SMARTS) is 1. The van der Waals surface area contributed by atoms with Crippen molar-refractivity contribution in [1.82, 2.24) is 0 Å². The number of carbonyl (C=O) groups excluding carboxylic acids is 1. The third kappa shape index (κ3) is 3.45. The summed E-state index contributed by atoms with van der Waals surface area (Å²) in [7, 11) is 0. The van der Waals surface area contributed by atoms with Crippen molar-refractivity contribution < 1.29 is 19.4 Å². The maximum atomic E-state index is 12.2. The molecule has 4 nitrogen and oxygen atoms in total. The number of halogens is 1. The van der Waals surface area contributed by atoms with Gasteiger partial charge in [0.15, 0.2) is 12.4 Å². The maximum absolute atomic E-state index is 12.2. The fourth-order valence-electron chi connectivity index (χ4n) is 1.65. The number of carbonyl (C=O) groups is 2. The average Bonchev–Trinajstić information content (AvgIpc) is 2.46. The molecule has 5 heteroatoms. The summed E-state index contributed by atoms with van der Waals surface area (Å²) in [6, 6.07) is 13.7. The summed E-state index contributed by atoms with van der Waals surface area (Å²) < 4.78 is 5.62. The van der Waals surface area contributed by atoms with E-state index in [1.54, 1.807) is 42.5 Å². The van der Waals surface area contributed by atoms with Crippen LogP contribution in [0.2, 0.25) is 0 Å². The maximum Gasteiger partial charge on any atom is 0.341 e. The van der Waals surface area contributed by atoms with E-state index in [9.17, 15) is 9.59 Å². The molecule has 0 bridgehead atoms. The minimum absolute atomic E-state index is 0.101. The lowest BCUT2D eigenvalue weighted by molar-refractivity contribution is -0.139. The van der Waals surface area contributed by atoms with E-state index < -0.39 is 12.6 Å². The molecular formula is C15H11BrO4. The summed E-state index contributed by atoms with van der Waals surface area (Å²) >= 11 is 3.27. The van der Waals surface area contributed by atoms with E-state index in [2.05, 4.69) is 15.9 Å². The Morgan fingerprint density at radius 3 is 2.35 bits per heavy atom. The van der Waals surface area contributed by atoms with E-state index in [0.29, 0.717) is 21.3 Å². The monoisotopic (exact) mass is 334 g/mol. The first-order chi connectivity index (χ1) is 9.58. The Balaban J connectivity index is 2.21. The van der Waals surface area contributed by atoms with Crippen LogP contribution in [0.3, 0.4) is 0 Å². The average molecular weight is 335 g/mol. The van der Waals surface area contributed by atoms with Crippen LogP contribution in [-0.4, -0.2) is 23.5 Å². The van der Waals surface area contributed by atoms with Gasteiger partial charge in [0.05, 0.1) is 4.47 Å². The van der Waals surface area contributed by atoms with Gasteiger partial charge in [-0.05, 0) is 34.1 Å². The molecular weight excluding hydrogens is 324 g/mol. The zero-order valence-electron chi connectivity index (χ0n) is 10.4. The van der Waals surface area contributed by atoms with E-state index in [1.807, 2.05) is 6.07 Å². The third-order valence-electron chi connectivity index (χ3n) is 2.58. The number of hydrogen-bond donors (Lipinski definition) is 1. The van der Waals surface area contributed by atoms with Crippen LogP contribution >= 0.6 is 15.9 Å². The Morgan fingerprint density at radius 1 is 1.05 bits per heavy atom. The van der Waals surface area contributed by atoms with Gasteiger partial charge in [0.25, 0.3) is 0 Å². The molecule has 0 aliphatic rings. The molecule has 2 rings (SSSR count). The predicted octanol–water partition coefficient (Wildman–Crippen LogP) is 3.14. The first-order valence-corrected chi connectivity index (χ1v) is 6.61. The molecule has 0 amide bonds. The number of ether oxygens (including phenoxy) is 1. The molecule has 102 valence electrons. The lowest BCUT2D eigenvalue weighted by Gasteiger charge is -2.07. The van der Waals surface area contributed by atoms with Gasteiger partial charge in [-0.25, -0.2) is 4.79 Å². The molecule has 0 saturated carbocycles. The highest BCUT2D eigenvalue weighted by molar-refractivity contribution is 9.10. The minimum atomic E-state index is -1.05. The summed E-state index contributed by atoms with van der Waals surface area (Å²) in [5.74, 6) is -0.769. The quantitative estimate of drug-likeness (QED) is 0.853. The molecule has 0 fully saturated rings. The molecule has 0 unspecified atom stereocenters. The predicted molar refractivity (Wildman–Crippen MR) is 77.1 cm³/mol. The summed E-state index contributed by atoms with van der Waals surface area (Å²) in [6.45, 7) is -0.426. The highest BCUT2D eigenvalue weighted by atomic mass is 79.9. The Bertz CT molecular complexity index is 638. The van der Waals surface area contributed by atoms with Crippen molar-refractivity contribution in [3.63, 3.8) is 0 Å². The zero-order chi connectivity index (χ0) is 14.5. The van der Waals surface area contributed by atoms with Crippen LogP contribution in [0.1, 0.15) is 15.9 Å². The van der Waals surface area contributed by atoms with Crippen molar-refractivity contribution >= 4 is 27.7 Å². The first kappa shape index (κ1) is 14.3. The van der Waals surface area contributed by atoms with Crippen LogP contribution in [-0.2, 0) is 4.79 Å². The molecule has 1 N–H and O–H groups in total. The summed E-state index contributed by atoms with van der Waals surface area (Å²) in [6.07, 6.45) is 0. The Labute approximate surface area is 124 Å². The van der Waals surface area contributed by atoms with Gasteiger partial charge in [-0.15, -0.1) is 0 Å². The van der Waals surface area contributed by atoms with Gasteiger partial charge in [0.2, 0.25) is 0 Å². The molecule has 0 heterocycles. The molecule has 2 aromatic carbocycles. The lowest BCUT2D eigenvalue weighted by Crippen LogP contribution is -2.10. The second-order valence-corrected chi connectivity index (χ2v) is 4.88. The summed E-state index contributed by atoms with van der Waals surface area (Å²) in [4.78, 5) is 22.7. The third-order valence-corrected chi connectivity index (χ3v) is 3.20. The largest absolute Gasteiger partial charge is 0.481 e. The van der Waals surface area contributed by atoms with E-state index in [1.165, 1.54) is 0 Å². The van der Waals surface area contributed by atoms with E-state index in [-0.39, 0.29) is 5.78 Å². The molecule has 20 heavy (non-hydrogen) atoms. The standard InChI is InChI=1S/C15H11BrO4/c16-12-8-11(6-7-13(12)20-9-14(17)18)15(19)10-4-2-1-3-5-10/h1-8H,9H2,(H,17,18). The van der Waals surface area contributed by atoms with Gasteiger partial charge in [0, 0.05) is 11.1 Å². The van der Waals surface area contributed by atoms with Crippen molar-refractivity contribution in [2.45, 2.75) is 0 Å². The molecule has 0 radical (unpaired) electrons. The van der Waals surface area contributed by atoms with Gasteiger partial charge in [0.1, 0.15) is 5.75 Å². The molecule has 0 aromatic heterocycles. The van der Waals surface area contributed by atoms with Crippen LogP contribution < -0.4 is 4.74 Å². The van der Waals surface area contributed by atoms with E-state index >= 15 is 0 Å². The van der Waals surface area contributed by atoms with E-state index in [4.69, 9.17) is 9.84 Å². The number of carboxylic acids is 1. The van der Waals surface area contributed by atoms with Gasteiger partial charge in [-0.3, -0.25) is 4.79 Å². The second kappa shape index (κ2) is 6.34. The SMILES string of the molecule is O=C(O)COc1ccc(C(=O)c2ccccc2)cc1Br. The normalized spacial score (nSPS) is 10.1. The smallest absolute Gasteiger partial charge is 0.341 e. The van der Waals surface area contributed by atoms with Crippen molar-refractivity contribution in [2.24, 2.45) is 0 Å². The van der Waals surface area contributed by atoms with Gasteiger partial charge in [-0.2, -0.15) is 0 Å². The summed E-state index contributed by atoms with van der Waals surface area (Å²) in [5, 5.41) is 8.56. The minimum Gasteiger partial charge on any atom is -0.481 e. The lowest BCUT2D eigenvalue weighted by atomic mass is 10.0. The Morgan fingerprint density at radius 2 is 1.75 bits per heavy atom. The summed E-state index contributed by atoms with van der Waals surface area (Å²) in [5.41, 5.74) is 1.10. The molecule has 0 atom stereocenters. The van der Waals surface area contributed by atoms with Crippen LogP contribution in [0, 0.1) is 0 Å². The molecule has 0 aliphatic heterocycles. The van der Waals surface area contributed by atoms with Gasteiger partial charge in [-0.1, -0.05) is 30.3 Å². The van der Waals surface area contributed by atoms with Crippen LogP contribution in [0.4, 0.5) is 0 Å². The Hall–Kier alpha value is -2.14. The molecule has 0 saturated heterocycles. The number of benzene rings is 2. The van der Waals surface area contributed by atoms with Crippen molar-refractivity contribution in [3.05, 3.63) is 64.1 Å². The second-order valence-electron chi connectivity index (χ2n) is 4.02. The van der Waals surface area contributed by atoms with Crippen molar-refractivity contribution in [3.8, 4) is 5.75 Å². The highest BCUT2D eigenvalue weighted by Crippen LogP contribution is 2.27. The molecule has 0 aliphatic carbocycles. The van der Waals surface area contributed by atoms with E-state index in [0.717, 1.165) is 0 Å². The Kier molecular flexibility index (Phi) is 4.53. The topological polar surface area (TPSA) is 63.6 Å². The number of aliphatic carboxylic acids is 1. The van der Waals surface area contributed by atoms with Crippen molar-refractivity contribution in [2.75, 3.05) is 6.61 Å². The number of hydrogen-bond acceptors (Lipinski definition) is 3.